The third-order valence-electron chi connectivity index (χ3n) is 3.83. The van der Waals surface area contributed by atoms with Crippen LogP contribution in [0.2, 0.25) is 0 Å². The number of rotatable bonds is 4. The third kappa shape index (κ3) is 2.49. The lowest BCUT2D eigenvalue weighted by Crippen LogP contribution is -2.08. The first-order chi connectivity index (χ1) is 11.3. The van der Waals surface area contributed by atoms with E-state index in [9.17, 15) is 5.11 Å². The van der Waals surface area contributed by atoms with Crippen LogP contribution in [-0.2, 0) is 6.61 Å². The molecule has 3 aromatic heterocycles. The van der Waals surface area contributed by atoms with Crippen molar-refractivity contribution in [2.24, 2.45) is 0 Å². The third-order valence-corrected chi connectivity index (χ3v) is 3.83. The predicted octanol–water partition coefficient (Wildman–Crippen LogP) is 1.75. The van der Waals surface area contributed by atoms with Gasteiger partial charge in [0, 0.05) is 41.1 Å². The van der Waals surface area contributed by atoms with E-state index in [0.29, 0.717) is 23.1 Å². The van der Waals surface area contributed by atoms with Crippen molar-refractivity contribution >= 4 is 16.7 Å². The number of fused-ring (bicyclic) bond motifs is 1. The zero-order valence-electron chi connectivity index (χ0n) is 12.3. The van der Waals surface area contributed by atoms with Crippen molar-refractivity contribution in [3.05, 3.63) is 41.9 Å². The lowest BCUT2D eigenvalue weighted by Gasteiger charge is -2.11. The van der Waals surface area contributed by atoms with E-state index < -0.39 is 0 Å². The zero-order chi connectivity index (χ0) is 15.8. The first kappa shape index (κ1) is 13.7. The van der Waals surface area contributed by atoms with E-state index in [2.05, 4.69) is 26.5 Å². The summed E-state index contributed by atoms with van der Waals surface area (Å²) in [5, 5.41) is 26.9. The molecule has 0 atom stereocenters. The van der Waals surface area contributed by atoms with E-state index in [4.69, 9.17) is 5.26 Å². The summed E-state index contributed by atoms with van der Waals surface area (Å²) in [5.41, 5.74) is 2.77. The lowest BCUT2D eigenvalue weighted by atomic mass is 10.2. The highest BCUT2D eigenvalue weighted by molar-refractivity contribution is 5.77. The van der Waals surface area contributed by atoms with Crippen LogP contribution in [0.1, 0.15) is 24.0 Å². The number of aliphatic hydroxyl groups is 1. The molecule has 2 N–H and O–H groups in total. The molecule has 3 aromatic rings. The van der Waals surface area contributed by atoms with Crippen molar-refractivity contribution in [3.8, 4) is 11.9 Å². The minimum Gasteiger partial charge on any atom is -0.392 e. The van der Waals surface area contributed by atoms with Gasteiger partial charge in [0.25, 0.3) is 0 Å². The van der Waals surface area contributed by atoms with Crippen LogP contribution in [-0.4, -0.2) is 30.9 Å². The fourth-order valence-electron chi connectivity index (χ4n) is 2.45. The van der Waals surface area contributed by atoms with E-state index in [1.165, 1.54) is 6.20 Å². The van der Waals surface area contributed by atoms with Gasteiger partial charge in [-0.15, -0.1) is 0 Å². The molecule has 3 heterocycles. The minimum absolute atomic E-state index is 0.0635. The van der Waals surface area contributed by atoms with Crippen LogP contribution < -0.4 is 5.32 Å². The van der Waals surface area contributed by atoms with Crippen LogP contribution in [0.3, 0.4) is 0 Å². The van der Waals surface area contributed by atoms with E-state index >= 15 is 0 Å². The number of nitrogens with zero attached hydrogens (tertiary/aromatic N) is 5. The van der Waals surface area contributed by atoms with Crippen molar-refractivity contribution in [2.45, 2.75) is 25.5 Å². The Labute approximate surface area is 132 Å². The van der Waals surface area contributed by atoms with Gasteiger partial charge in [0.1, 0.15) is 6.07 Å². The molecule has 7 heteroatoms. The fraction of sp³-hybridized carbons (Fsp3) is 0.250. The maximum absolute atomic E-state index is 9.46. The highest BCUT2D eigenvalue weighted by atomic mass is 16.3. The fourth-order valence-corrected chi connectivity index (χ4v) is 2.45. The van der Waals surface area contributed by atoms with E-state index in [1.807, 2.05) is 6.07 Å². The first-order valence-corrected chi connectivity index (χ1v) is 7.39. The molecule has 1 saturated carbocycles. The van der Waals surface area contributed by atoms with E-state index in [0.717, 1.165) is 29.5 Å². The predicted molar refractivity (Wildman–Crippen MR) is 83.9 cm³/mol. The lowest BCUT2D eigenvalue weighted by molar-refractivity contribution is 0.282. The second-order valence-corrected chi connectivity index (χ2v) is 5.58. The maximum Gasteiger partial charge on any atom is 0.164 e. The maximum atomic E-state index is 9.46. The molecular weight excluding hydrogens is 292 g/mol. The number of aliphatic hydroxyl groups excluding tert-OH is 1. The molecule has 0 saturated heterocycles. The number of hydrogen-bond donors (Lipinski definition) is 2. The summed E-state index contributed by atoms with van der Waals surface area (Å²) in [7, 11) is 0. The van der Waals surface area contributed by atoms with Gasteiger partial charge in [0.05, 0.1) is 18.4 Å². The first-order valence-electron chi connectivity index (χ1n) is 7.39. The molecule has 1 aliphatic carbocycles. The quantitative estimate of drug-likeness (QED) is 0.762. The van der Waals surface area contributed by atoms with Crippen LogP contribution in [0.4, 0.5) is 5.69 Å². The molecule has 23 heavy (non-hydrogen) atoms. The standard InChI is InChI=1S/C16H14N6O/c17-5-10-3-11-8-20-22(16(11)19-6-10)15-4-14(21-13-1-2-13)12(9-23)7-18-15/h3-4,6-8,13,23H,1-2,9H2,(H,18,21). The van der Waals surface area contributed by atoms with Crippen LogP contribution in [0, 0.1) is 11.3 Å². The van der Waals surface area contributed by atoms with E-state index in [1.54, 1.807) is 23.1 Å². The monoisotopic (exact) mass is 306 g/mol. The highest BCUT2D eigenvalue weighted by Gasteiger charge is 2.22. The second kappa shape index (κ2) is 5.34. The summed E-state index contributed by atoms with van der Waals surface area (Å²) in [6.07, 6.45) is 7.12. The smallest absolute Gasteiger partial charge is 0.164 e. The van der Waals surface area contributed by atoms with Gasteiger partial charge in [-0.25, -0.2) is 9.97 Å². The van der Waals surface area contributed by atoms with Crippen molar-refractivity contribution in [1.29, 1.82) is 5.26 Å². The van der Waals surface area contributed by atoms with Crippen LogP contribution >= 0.6 is 0 Å². The molecule has 0 spiro atoms. The molecule has 114 valence electrons. The van der Waals surface area contributed by atoms with Crippen LogP contribution in [0.5, 0.6) is 0 Å². The summed E-state index contributed by atoms with van der Waals surface area (Å²) in [5.74, 6) is 0.623. The Bertz CT molecular complexity index is 922. The summed E-state index contributed by atoms with van der Waals surface area (Å²) in [4.78, 5) is 8.67. The Morgan fingerprint density at radius 3 is 2.87 bits per heavy atom. The SMILES string of the molecule is N#Cc1cnc2c(cnn2-c2cc(NC3CC3)c(CO)cn2)c1. The Morgan fingerprint density at radius 1 is 1.26 bits per heavy atom. The average molecular weight is 306 g/mol. The van der Waals surface area contributed by atoms with Crippen LogP contribution in [0.25, 0.3) is 16.9 Å². The van der Waals surface area contributed by atoms with Gasteiger partial charge in [-0.2, -0.15) is 15.0 Å². The molecule has 1 fully saturated rings. The van der Waals surface area contributed by atoms with E-state index in [-0.39, 0.29) is 6.61 Å². The highest BCUT2D eigenvalue weighted by Crippen LogP contribution is 2.28. The van der Waals surface area contributed by atoms with Gasteiger partial charge >= 0.3 is 0 Å². The molecule has 0 amide bonds. The minimum atomic E-state index is -0.0635. The number of aromatic nitrogens is 4. The Balaban J connectivity index is 1.79. The summed E-state index contributed by atoms with van der Waals surface area (Å²) >= 11 is 0. The Kier molecular flexibility index (Phi) is 3.17. The van der Waals surface area contributed by atoms with Gasteiger partial charge in [-0.1, -0.05) is 0 Å². The second-order valence-electron chi connectivity index (χ2n) is 5.58. The number of nitriles is 1. The van der Waals surface area contributed by atoms with Crippen molar-refractivity contribution < 1.29 is 5.11 Å². The number of anilines is 1. The van der Waals surface area contributed by atoms with Crippen molar-refractivity contribution in [3.63, 3.8) is 0 Å². The largest absolute Gasteiger partial charge is 0.392 e. The number of hydrogen-bond acceptors (Lipinski definition) is 6. The molecule has 0 aliphatic heterocycles. The Hall–Kier alpha value is -2.98. The topological polar surface area (TPSA) is 99.7 Å². The molecule has 7 nitrogen and oxygen atoms in total. The van der Waals surface area contributed by atoms with Gasteiger partial charge in [0.2, 0.25) is 0 Å². The normalized spacial score (nSPS) is 13.9. The molecular formula is C16H14N6O. The summed E-state index contributed by atoms with van der Waals surface area (Å²) in [6, 6.07) is 6.16. The Morgan fingerprint density at radius 2 is 2.13 bits per heavy atom. The molecule has 0 aromatic carbocycles. The average Bonchev–Trinajstić information content (AvgIpc) is 3.30. The molecule has 1 aliphatic rings. The molecule has 4 rings (SSSR count). The molecule has 0 radical (unpaired) electrons. The molecule has 0 bridgehead atoms. The van der Waals surface area contributed by atoms with Gasteiger partial charge in [0.15, 0.2) is 11.5 Å². The summed E-state index contributed by atoms with van der Waals surface area (Å²) < 4.78 is 1.63. The number of nitrogens with one attached hydrogen (secondary N) is 1. The summed E-state index contributed by atoms with van der Waals surface area (Å²) in [6.45, 7) is -0.0635. The van der Waals surface area contributed by atoms with Gasteiger partial charge in [-0.05, 0) is 18.9 Å². The van der Waals surface area contributed by atoms with Gasteiger partial charge < -0.3 is 10.4 Å². The van der Waals surface area contributed by atoms with Crippen LogP contribution in [0.15, 0.2) is 30.7 Å². The number of pyridine rings is 2. The van der Waals surface area contributed by atoms with Crippen molar-refractivity contribution in [1.82, 2.24) is 19.7 Å². The zero-order valence-corrected chi connectivity index (χ0v) is 12.3. The van der Waals surface area contributed by atoms with Gasteiger partial charge in [-0.3, -0.25) is 0 Å². The van der Waals surface area contributed by atoms with Crippen molar-refractivity contribution in [2.75, 3.05) is 5.32 Å². The molecule has 0 unspecified atom stereocenters.